The van der Waals surface area contributed by atoms with Gasteiger partial charge in [0.25, 0.3) is 0 Å². The molecule has 0 radical (unpaired) electrons. The second-order valence-corrected chi connectivity index (χ2v) is 6.82. The molecule has 8 nitrogen and oxygen atoms in total. The van der Waals surface area contributed by atoms with Crippen LogP contribution in [0.25, 0.3) is 0 Å². The molecule has 1 aromatic heterocycles. The number of aryl methyl sites for hydroxylation is 1. The van der Waals surface area contributed by atoms with Gasteiger partial charge in [-0.25, -0.2) is 14.8 Å². The van der Waals surface area contributed by atoms with Crippen LogP contribution in [-0.4, -0.2) is 41.8 Å². The first-order chi connectivity index (χ1) is 13.5. The van der Waals surface area contributed by atoms with Crippen LogP contribution in [0.15, 0.2) is 23.4 Å². The van der Waals surface area contributed by atoms with Crippen molar-refractivity contribution in [3.63, 3.8) is 0 Å². The number of carbonyl (C=O) groups is 2. The molecular weight excluding hydrogens is 380 g/mol. The molecule has 0 atom stereocenters. The summed E-state index contributed by atoms with van der Waals surface area (Å²) >= 11 is 1.48. The second kappa shape index (κ2) is 8.92. The molecule has 0 bridgehead atoms. The molecule has 148 valence electrons. The predicted octanol–water partition coefficient (Wildman–Crippen LogP) is 2.94. The Balaban J connectivity index is 1.93. The van der Waals surface area contributed by atoms with Gasteiger partial charge in [-0.05, 0) is 44.6 Å². The van der Waals surface area contributed by atoms with Gasteiger partial charge >= 0.3 is 11.9 Å². The van der Waals surface area contributed by atoms with Crippen molar-refractivity contribution >= 4 is 40.8 Å². The van der Waals surface area contributed by atoms with Crippen LogP contribution in [-0.2, 0) is 27.2 Å². The molecule has 0 aliphatic heterocycles. The topological polar surface area (TPSA) is 102 Å². The summed E-state index contributed by atoms with van der Waals surface area (Å²) in [6.45, 7) is 1.77. The van der Waals surface area contributed by atoms with Crippen LogP contribution in [0, 0.1) is 0 Å². The minimum Gasteiger partial charge on any atom is -0.497 e. The molecule has 3 rings (SSSR count). The molecule has 1 aliphatic carbocycles. The van der Waals surface area contributed by atoms with Crippen LogP contribution in [0.4, 0.5) is 17.2 Å². The molecule has 28 heavy (non-hydrogen) atoms. The van der Waals surface area contributed by atoms with Gasteiger partial charge in [0.05, 0.1) is 30.8 Å². The average molecular weight is 402 g/mol. The monoisotopic (exact) mass is 402 g/mol. The van der Waals surface area contributed by atoms with E-state index in [9.17, 15) is 9.59 Å². The van der Waals surface area contributed by atoms with Crippen LogP contribution in [0.5, 0.6) is 5.75 Å². The summed E-state index contributed by atoms with van der Waals surface area (Å²) < 4.78 is 9.99. The number of fused-ring (bicyclic) bond motifs is 1. The van der Waals surface area contributed by atoms with E-state index in [2.05, 4.69) is 20.6 Å². The van der Waals surface area contributed by atoms with Crippen molar-refractivity contribution < 1.29 is 19.1 Å². The summed E-state index contributed by atoms with van der Waals surface area (Å²) in [5, 5.41) is 6.56. The van der Waals surface area contributed by atoms with Crippen molar-refractivity contribution in [3.8, 4) is 5.75 Å². The Morgan fingerprint density at radius 2 is 2.04 bits per heavy atom. The van der Waals surface area contributed by atoms with Gasteiger partial charge in [0.15, 0.2) is 5.16 Å². The van der Waals surface area contributed by atoms with E-state index in [1.54, 1.807) is 25.1 Å². The number of rotatable bonds is 6. The number of hydrogen-bond acceptors (Lipinski definition) is 8. The first-order valence-electron chi connectivity index (χ1n) is 8.92. The van der Waals surface area contributed by atoms with Crippen molar-refractivity contribution in [3.05, 3.63) is 29.5 Å². The fourth-order valence-corrected chi connectivity index (χ4v) is 3.35. The Bertz CT molecular complexity index is 904. The molecule has 9 heteroatoms. The van der Waals surface area contributed by atoms with Crippen LogP contribution in [0.2, 0.25) is 0 Å². The fraction of sp³-hybridized carbons (Fsp3) is 0.368. The maximum atomic E-state index is 12.1. The van der Waals surface area contributed by atoms with Crippen molar-refractivity contribution in [1.82, 2.24) is 9.97 Å². The highest BCUT2D eigenvalue weighted by Gasteiger charge is 2.21. The van der Waals surface area contributed by atoms with Gasteiger partial charge < -0.3 is 20.1 Å². The van der Waals surface area contributed by atoms with Crippen LogP contribution in [0.3, 0.4) is 0 Å². The third kappa shape index (κ3) is 4.36. The number of methoxy groups -OCH3 is 1. The van der Waals surface area contributed by atoms with E-state index in [4.69, 9.17) is 9.47 Å². The van der Waals surface area contributed by atoms with Crippen molar-refractivity contribution in [2.24, 2.45) is 0 Å². The smallest absolute Gasteiger partial charge is 0.397 e. The quantitative estimate of drug-likeness (QED) is 0.329. The Morgan fingerprint density at radius 3 is 2.75 bits per heavy atom. The third-order valence-electron chi connectivity index (χ3n) is 4.28. The zero-order valence-electron chi connectivity index (χ0n) is 16.0. The molecule has 0 saturated heterocycles. The summed E-state index contributed by atoms with van der Waals surface area (Å²) in [5.41, 5.74) is 3.12. The summed E-state index contributed by atoms with van der Waals surface area (Å²) in [4.78, 5) is 33.0. The molecule has 0 unspecified atom stereocenters. The SMILES string of the molecule is CCOC(=O)C(=O)Nc1cc(OC)ccc1Nc1nc(SC)nc2c1CCC2. The largest absolute Gasteiger partial charge is 0.497 e. The van der Waals surface area contributed by atoms with Gasteiger partial charge in [-0.1, -0.05) is 11.8 Å². The number of carbonyl (C=O) groups excluding carboxylic acids is 2. The first kappa shape index (κ1) is 19.9. The lowest BCUT2D eigenvalue weighted by Gasteiger charge is -2.16. The molecule has 0 saturated carbocycles. The number of ether oxygens (including phenoxy) is 2. The Kier molecular flexibility index (Phi) is 6.35. The molecule has 2 aromatic rings. The van der Waals surface area contributed by atoms with Gasteiger partial charge in [0, 0.05) is 11.6 Å². The normalized spacial score (nSPS) is 12.2. The van der Waals surface area contributed by atoms with Gasteiger partial charge in [0.2, 0.25) is 0 Å². The molecule has 0 spiro atoms. The lowest BCUT2D eigenvalue weighted by molar-refractivity contribution is -0.152. The minimum absolute atomic E-state index is 0.125. The highest BCUT2D eigenvalue weighted by molar-refractivity contribution is 7.98. The maximum Gasteiger partial charge on any atom is 0.397 e. The molecule has 1 amide bonds. The predicted molar refractivity (Wildman–Crippen MR) is 107 cm³/mol. The summed E-state index contributed by atoms with van der Waals surface area (Å²) in [5.74, 6) is -0.536. The number of benzene rings is 1. The number of hydrogen-bond donors (Lipinski definition) is 2. The third-order valence-corrected chi connectivity index (χ3v) is 4.83. The number of thioether (sulfide) groups is 1. The zero-order chi connectivity index (χ0) is 20.1. The molecule has 1 heterocycles. The zero-order valence-corrected chi connectivity index (χ0v) is 16.8. The average Bonchev–Trinajstić information content (AvgIpc) is 3.18. The van der Waals surface area contributed by atoms with Crippen LogP contribution < -0.4 is 15.4 Å². The fourth-order valence-electron chi connectivity index (χ4n) is 2.96. The summed E-state index contributed by atoms with van der Waals surface area (Å²) in [6, 6.07) is 5.16. The summed E-state index contributed by atoms with van der Waals surface area (Å²) in [7, 11) is 1.53. The van der Waals surface area contributed by atoms with E-state index in [1.807, 2.05) is 6.26 Å². The number of nitrogens with zero attached hydrogens (tertiary/aromatic N) is 2. The number of aromatic nitrogens is 2. The first-order valence-corrected chi connectivity index (χ1v) is 10.1. The maximum absolute atomic E-state index is 12.1. The molecule has 2 N–H and O–H groups in total. The van der Waals surface area contributed by atoms with Gasteiger partial charge in [0.1, 0.15) is 11.6 Å². The van der Waals surface area contributed by atoms with Crippen LogP contribution >= 0.6 is 11.8 Å². The van der Waals surface area contributed by atoms with Gasteiger partial charge in [-0.3, -0.25) is 4.79 Å². The van der Waals surface area contributed by atoms with E-state index < -0.39 is 11.9 Å². The van der Waals surface area contributed by atoms with Crippen LogP contribution in [0.1, 0.15) is 24.6 Å². The Hall–Kier alpha value is -2.81. The Morgan fingerprint density at radius 1 is 1.21 bits per heavy atom. The molecule has 1 aromatic carbocycles. The van der Waals surface area contributed by atoms with Crippen molar-refractivity contribution in [2.45, 2.75) is 31.3 Å². The van der Waals surface area contributed by atoms with Gasteiger partial charge in [-0.15, -0.1) is 0 Å². The molecular formula is C19H22N4O4S. The summed E-state index contributed by atoms with van der Waals surface area (Å²) in [6.07, 6.45) is 4.78. The van der Waals surface area contributed by atoms with E-state index >= 15 is 0 Å². The standard InChI is InChI=1S/C19H22N4O4S/c1-4-27-18(25)17(24)21-15-10-11(26-2)8-9-14(15)20-16-12-6-5-7-13(12)22-19(23-16)28-3/h8-10H,4-7H2,1-3H3,(H,21,24)(H,20,22,23). The number of amides is 1. The van der Waals surface area contributed by atoms with E-state index in [0.29, 0.717) is 28.1 Å². The number of nitrogens with one attached hydrogen (secondary N) is 2. The minimum atomic E-state index is -0.941. The van der Waals surface area contributed by atoms with E-state index in [0.717, 1.165) is 30.5 Å². The van der Waals surface area contributed by atoms with E-state index in [-0.39, 0.29) is 6.61 Å². The lowest BCUT2D eigenvalue weighted by atomic mass is 10.2. The number of anilines is 3. The Labute approximate surface area is 167 Å². The van der Waals surface area contributed by atoms with E-state index in [1.165, 1.54) is 18.9 Å². The lowest BCUT2D eigenvalue weighted by Crippen LogP contribution is -2.25. The molecule has 0 fully saturated rings. The van der Waals surface area contributed by atoms with Crippen molar-refractivity contribution in [1.29, 1.82) is 0 Å². The van der Waals surface area contributed by atoms with Gasteiger partial charge in [-0.2, -0.15) is 0 Å². The number of esters is 1. The highest BCUT2D eigenvalue weighted by atomic mass is 32.2. The molecule has 1 aliphatic rings. The van der Waals surface area contributed by atoms with Crippen molar-refractivity contribution in [2.75, 3.05) is 30.6 Å². The highest BCUT2D eigenvalue weighted by Crippen LogP contribution is 2.34. The second-order valence-electron chi connectivity index (χ2n) is 6.05.